The van der Waals surface area contributed by atoms with E-state index in [2.05, 4.69) is 32.3 Å². The summed E-state index contributed by atoms with van der Waals surface area (Å²) in [6.45, 7) is 3.33. The van der Waals surface area contributed by atoms with Crippen molar-refractivity contribution < 1.29 is 4.74 Å². The Morgan fingerprint density at radius 3 is 2.71 bits per heavy atom. The Labute approximate surface area is 169 Å². The van der Waals surface area contributed by atoms with Gasteiger partial charge in [0.05, 0.1) is 13.2 Å². The van der Waals surface area contributed by atoms with Crippen LogP contribution in [0.5, 0.6) is 0 Å². The van der Waals surface area contributed by atoms with Gasteiger partial charge in [-0.15, -0.1) is 0 Å². The number of nitrogens with one attached hydrogen (secondary N) is 1. The van der Waals surface area contributed by atoms with Crippen LogP contribution in [-0.2, 0) is 4.74 Å². The SMILES string of the molecule is CN(c1cccc(Cl)c1)c1ccnc(Nc2cccc(N3CCOCC3)c2)n1. The largest absolute Gasteiger partial charge is 0.378 e. The standard InChI is InChI=1S/C21H22ClN5O/c1-26(18-6-2-4-16(22)14-18)20-8-9-23-21(25-20)24-17-5-3-7-19(15-17)27-10-12-28-13-11-27/h2-9,14-15H,10-13H2,1H3,(H,23,24,25). The fraction of sp³-hybridized carbons (Fsp3) is 0.238. The number of benzene rings is 2. The molecule has 0 aliphatic carbocycles. The minimum absolute atomic E-state index is 0.547. The van der Waals surface area contributed by atoms with Gasteiger partial charge in [-0.1, -0.05) is 23.7 Å². The topological polar surface area (TPSA) is 53.5 Å². The maximum Gasteiger partial charge on any atom is 0.229 e. The lowest BCUT2D eigenvalue weighted by molar-refractivity contribution is 0.122. The maximum absolute atomic E-state index is 6.11. The molecule has 0 bridgehead atoms. The van der Waals surface area contributed by atoms with E-state index >= 15 is 0 Å². The van der Waals surface area contributed by atoms with Crippen molar-refractivity contribution in [2.24, 2.45) is 0 Å². The first-order chi connectivity index (χ1) is 13.7. The van der Waals surface area contributed by atoms with E-state index in [-0.39, 0.29) is 0 Å². The van der Waals surface area contributed by atoms with Crippen LogP contribution in [-0.4, -0.2) is 43.3 Å². The molecule has 1 saturated heterocycles. The van der Waals surface area contributed by atoms with Crippen LogP contribution in [0.25, 0.3) is 0 Å². The second-order valence-corrected chi connectivity index (χ2v) is 6.99. The lowest BCUT2D eigenvalue weighted by Gasteiger charge is -2.29. The first-order valence-corrected chi connectivity index (χ1v) is 9.59. The predicted octanol–water partition coefficient (Wildman–Crippen LogP) is 4.48. The molecule has 0 saturated carbocycles. The molecule has 2 heterocycles. The number of morpholine rings is 1. The van der Waals surface area contributed by atoms with Gasteiger partial charge in [0.1, 0.15) is 5.82 Å². The van der Waals surface area contributed by atoms with Gasteiger partial charge in [0, 0.05) is 48.4 Å². The molecule has 144 valence electrons. The molecule has 0 spiro atoms. The van der Waals surface area contributed by atoms with Gasteiger partial charge < -0.3 is 19.9 Å². The van der Waals surface area contributed by atoms with Gasteiger partial charge >= 0.3 is 0 Å². The van der Waals surface area contributed by atoms with E-state index in [1.165, 1.54) is 5.69 Å². The highest BCUT2D eigenvalue weighted by molar-refractivity contribution is 6.30. The molecule has 1 aromatic heterocycles. The lowest BCUT2D eigenvalue weighted by Crippen LogP contribution is -2.36. The quantitative estimate of drug-likeness (QED) is 0.687. The van der Waals surface area contributed by atoms with Crippen molar-refractivity contribution in [3.8, 4) is 0 Å². The minimum atomic E-state index is 0.547. The van der Waals surface area contributed by atoms with Gasteiger partial charge in [-0.05, 0) is 42.5 Å². The van der Waals surface area contributed by atoms with E-state index < -0.39 is 0 Å². The van der Waals surface area contributed by atoms with E-state index in [4.69, 9.17) is 16.3 Å². The van der Waals surface area contributed by atoms with Gasteiger partial charge in [-0.2, -0.15) is 4.98 Å². The molecule has 1 aliphatic rings. The molecule has 6 nitrogen and oxygen atoms in total. The second kappa shape index (κ2) is 8.46. The fourth-order valence-corrected chi connectivity index (χ4v) is 3.33. The van der Waals surface area contributed by atoms with Crippen molar-refractivity contribution in [2.45, 2.75) is 0 Å². The molecule has 1 aliphatic heterocycles. The van der Waals surface area contributed by atoms with Crippen LogP contribution >= 0.6 is 11.6 Å². The fourth-order valence-electron chi connectivity index (χ4n) is 3.14. The molecule has 28 heavy (non-hydrogen) atoms. The molecule has 0 unspecified atom stereocenters. The van der Waals surface area contributed by atoms with E-state index in [1.54, 1.807) is 6.20 Å². The number of rotatable bonds is 5. The molecule has 1 fully saturated rings. The molecule has 1 N–H and O–H groups in total. The lowest BCUT2D eigenvalue weighted by atomic mass is 10.2. The third-order valence-electron chi connectivity index (χ3n) is 4.66. The van der Waals surface area contributed by atoms with Gasteiger partial charge in [0.2, 0.25) is 5.95 Å². The molecular formula is C21H22ClN5O. The van der Waals surface area contributed by atoms with E-state index in [0.29, 0.717) is 11.0 Å². The Balaban J connectivity index is 1.52. The minimum Gasteiger partial charge on any atom is -0.378 e. The predicted molar refractivity (Wildman–Crippen MR) is 114 cm³/mol. The molecule has 0 radical (unpaired) electrons. The van der Waals surface area contributed by atoms with Crippen molar-refractivity contribution in [1.29, 1.82) is 0 Å². The summed E-state index contributed by atoms with van der Waals surface area (Å²) >= 11 is 6.11. The monoisotopic (exact) mass is 395 g/mol. The summed E-state index contributed by atoms with van der Waals surface area (Å²) in [5.41, 5.74) is 3.08. The normalized spacial score (nSPS) is 14.0. The number of aromatic nitrogens is 2. The number of hydrogen-bond acceptors (Lipinski definition) is 6. The molecule has 3 aromatic rings. The Morgan fingerprint density at radius 2 is 1.89 bits per heavy atom. The third kappa shape index (κ3) is 4.35. The zero-order valence-corrected chi connectivity index (χ0v) is 16.4. The van der Waals surface area contributed by atoms with Crippen LogP contribution in [0, 0.1) is 0 Å². The number of nitrogens with zero attached hydrogens (tertiary/aromatic N) is 4. The molecule has 7 heteroatoms. The number of halogens is 1. The zero-order valence-electron chi connectivity index (χ0n) is 15.7. The Bertz CT molecular complexity index is 945. The van der Waals surface area contributed by atoms with Crippen LogP contribution in [0.1, 0.15) is 0 Å². The Morgan fingerprint density at radius 1 is 1.07 bits per heavy atom. The number of anilines is 5. The van der Waals surface area contributed by atoms with Gasteiger partial charge in [0.15, 0.2) is 0 Å². The van der Waals surface area contributed by atoms with Crippen LogP contribution in [0.2, 0.25) is 5.02 Å². The molecule has 2 aromatic carbocycles. The van der Waals surface area contributed by atoms with Crippen LogP contribution in [0.4, 0.5) is 28.8 Å². The second-order valence-electron chi connectivity index (χ2n) is 6.55. The van der Waals surface area contributed by atoms with E-state index in [9.17, 15) is 0 Å². The highest BCUT2D eigenvalue weighted by Gasteiger charge is 2.12. The van der Waals surface area contributed by atoms with Crippen molar-refractivity contribution in [3.63, 3.8) is 0 Å². The average molecular weight is 396 g/mol. The van der Waals surface area contributed by atoms with Gasteiger partial charge in [-0.25, -0.2) is 4.98 Å². The van der Waals surface area contributed by atoms with Crippen LogP contribution in [0.15, 0.2) is 60.8 Å². The third-order valence-corrected chi connectivity index (χ3v) is 4.89. The van der Waals surface area contributed by atoms with Crippen molar-refractivity contribution >= 4 is 40.4 Å². The highest BCUT2D eigenvalue weighted by Crippen LogP contribution is 2.26. The van der Waals surface area contributed by atoms with E-state index in [0.717, 1.165) is 43.5 Å². The zero-order chi connectivity index (χ0) is 19.3. The summed E-state index contributed by atoms with van der Waals surface area (Å²) in [5.74, 6) is 1.33. The molecule has 0 amide bonds. The van der Waals surface area contributed by atoms with Gasteiger partial charge in [0.25, 0.3) is 0 Å². The Hall–Kier alpha value is -2.83. The highest BCUT2D eigenvalue weighted by atomic mass is 35.5. The smallest absolute Gasteiger partial charge is 0.229 e. The van der Waals surface area contributed by atoms with E-state index in [1.807, 2.05) is 54.4 Å². The summed E-state index contributed by atoms with van der Waals surface area (Å²) < 4.78 is 5.44. The van der Waals surface area contributed by atoms with Crippen LogP contribution in [0.3, 0.4) is 0 Å². The number of hydrogen-bond donors (Lipinski definition) is 1. The Kier molecular flexibility index (Phi) is 5.60. The first kappa shape index (κ1) is 18.5. The summed E-state index contributed by atoms with van der Waals surface area (Å²) in [7, 11) is 1.96. The molecule has 0 atom stereocenters. The number of ether oxygens (including phenoxy) is 1. The average Bonchev–Trinajstić information content (AvgIpc) is 2.74. The maximum atomic E-state index is 6.11. The summed E-state index contributed by atoms with van der Waals surface area (Å²) in [4.78, 5) is 13.3. The van der Waals surface area contributed by atoms with Crippen molar-refractivity contribution in [2.75, 3.05) is 48.5 Å². The van der Waals surface area contributed by atoms with Gasteiger partial charge in [-0.3, -0.25) is 0 Å². The summed E-state index contributed by atoms with van der Waals surface area (Å²) in [5, 5.41) is 4.00. The summed E-state index contributed by atoms with van der Waals surface area (Å²) in [6, 6.07) is 17.8. The van der Waals surface area contributed by atoms with Crippen molar-refractivity contribution in [3.05, 3.63) is 65.8 Å². The van der Waals surface area contributed by atoms with Crippen molar-refractivity contribution in [1.82, 2.24) is 9.97 Å². The van der Waals surface area contributed by atoms with Crippen LogP contribution < -0.4 is 15.1 Å². The first-order valence-electron chi connectivity index (χ1n) is 9.21. The molecular weight excluding hydrogens is 374 g/mol. The summed E-state index contributed by atoms with van der Waals surface area (Å²) in [6.07, 6.45) is 1.75. The molecule has 4 rings (SSSR count).